The molecule has 1 aliphatic rings. The fraction of sp³-hybridized carbons (Fsp3) is 0.455. The molecule has 1 saturated heterocycles. The second kappa shape index (κ2) is 3.81. The van der Waals surface area contributed by atoms with Crippen molar-refractivity contribution >= 4 is 17.4 Å². The lowest BCUT2D eigenvalue weighted by molar-refractivity contribution is 0.179. The maximum absolute atomic E-state index is 14.5. The molecule has 0 spiro atoms. The fourth-order valence-electron chi connectivity index (χ4n) is 1.88. The van der Waals surface area contributed by atoms with Gasteiger partial charge in [-0.05, 0) is 24.7 Å². The third kappa shape index (κ3) is 1.73. The Kier molecular flexibility index (Phi) is 2.68. The van der Waals surface area contributed by atoms with Crippen LogP contribution in [0.1, 0.15) is 18.4 Å². The lowest BCUT2D eigenvalue weighted by atomic mass is 9.91. The van der Waals surface area contributed by atoms with E-state index < -0.39 is 5.67 Å². The molecule has 2 rings (SSSR count). The molecule has 2 N–H and O–H groups in total. The molecule has 76 valence electrons. The van der Waals surface area contributed by atoms with Crippen LogP contribution in [0, 0.1) is 0 Å². The number of alkyl halides is 1. The number of thioether (sulfide) groups is 1. The minimum Gasteiger partial charge on any atom is -0.398 e. The van der Waals surface area contributed by atoms with E-state index in [-0.39, 0.29) is 0 Å². The minimum atomic E-state index is -1.20. The number of benzene rings is 1. The molecule has 1 unspecified atom stereocenters. The zero-order valence-corrected chi connectivity index (χ0v) is 8.82. The number of rotatable bonds is 1. The van der Waals surface area contributed by atoms with E-state index >= 15 is 0 Å². The third-order valence-electron chi connectivity index (χ3n) is 2.64. The second-order valence-corrected chi connectivity index (χ2v) is 4.81. The average Bonchev–Trinajstić information content (AvgIpc) is 2.19. The number of hydrogen-bond acceptors (Lipinski definition) is 2. The summed E-state index contributed by atoms with van der Waals surface area (Å²) in [6, 6.07) is 7.28. The summed E-state index contributed by atoms with van der Waals surface area (Å²) >= 11 is 1.67. The molecular weight excluding hydrogens is 197 g/mol. The summed E-state index contributed by atoms with van der Waals surface area (Å²) in [7, 11) is 0. The number of anilines is 1. The van der Waals surface area contributed by atoms with E-state index in [1.165, 1.54) is 0 Å². The van der Waals surface area contributed by atoms with Crippen molar-refractivity contribution in [2.45, 2.75) is 18.5 Å². The number of nitrogen functional groups attached to an aromatic ring is 1. The highest BCUT2D eigenvalue weighted by molar-refractivity contribution is 7.99. The van der Waals surface area contributed by atoms with Gasteiger partial charge in [0.25, 0.3) is 0 Å². The van der Waals surface area contributed by atoms with Gasteiger partial charge in [-0.2, -0.15) is 11.8 Å². The van der Waals surface area contributed by atoms with Crippen molar-refractivity contribution in [3.05, 3.63) is 29.8 Å². The monoisotopic (exact) mass is 211 g/mol. The largest absolute Gasteiger partial charge is 0.398 e. The minimum absolute atomic E-state index is 0.543. The Bertz CT molecular complexity index is 321. The predicted octanol–water partition coefficient (Wildman–Crippen LogP) is 2.96. The van der Waals surface area contributed by atoms with Crippen molar-refractivity contribution in [3.8, 4) is 0 Å². The Hall–Kier alpha value is -0.700. The topological polar surface area (TPSA) is 26.0 Å². The molecule has 0 saturated carbocycles. The van der Waals surface area contributed by atoms with Gasteiger partial charge in [0, 0.05) is 17.0 Å². The first-order valence-electron chi connectivity index (χ1n) is 4.84. The van der Waals surface area contributed by atoms with Crippen molar-refractivity contribution in [1.82, 2.24) is 0 Å². The summed E-state index contributed by atoms with van der Waals surface area (Å²) in [6.07, 6.45) is 1.55. The van der Waals surface area contributed by atoms with Crippen molar-refractivity contribution < 1.29 is 4.39 Å². The van der Waals surface area contributed by atoms with E-state index in [0.29, 0.717) is 23.4 Å². The first-order valence-corrected chi connectivity index (χ1v) is 5.99. The lowest BCUT2D eigenvalue weighted by Crippen LogP contribution is -2.28. The van der Waals surface area contributed by atoms with Gasteiger partial charge in [0.1, 0.15) is 5.67 Å². The van der Waals surface area contributed by atoms with Crippen molar-refractivity contribution in [2.24, 2.45) is 0 Å². The van der Waals surface area contributed by atoms with Crippen LogP contribution in [-0.2, 0) is 5.67 Å². The molecule has 0 radical (unpaired) electrons. The first kappa shape index (κ1) is 9.84. The van der Waals surface area contributed by atoms with Gasteiger partial charge < -0.3 is 5.73 Å². The van der Waals surface area contributed by atoms with Crippen LogP contribution >= 0.6 is 11.8 Å². The Balaban J connectivity index is 2.32. The molecule has 1 nitrogen and oxygen atoms in total. The molecule has 0 amide bonds. The van der Waals surface area contributed by atoms with Crippen LogP contribution in [0.4, 0.5) is 10.1 Å². The van der Waals surface area contributed by atoms with Crippen LogP contribution < -0.4 is 5.73 Å². The molecule has 14 heavy (non-hydrogen) atoms. The highest BCUT2D eigenvalue weighted by Crippen LogP contribution is 2.41. The van der Waals surface area contributed by atoms with E-state index in [4.69, 9.17) is 5.73 Å². The molecule has 1 aromatic rings. The number of hydrogen-bond donors (Lipinski definition) is 1. The van der Waals surface area contributed by atoms with Gasteiger partial charge in [0.15, 0.2) is 0 Å². The number of para-hydroxylation sites is 1. The molecule has 1 atom stereocenters. The molecule has 1 aromatic carbocycles. The van der Waals surface area contributed by atoms with Crippen LogP contribution in [0.5, 0.6) is 0 Å². The van der Waals surface area contributed by atoms with Crippen LogP contribution in [0.2, 0.25) is 0 Å². The van der Waals surface area contributed by atoms with E-state index in [1.54, 1.807) is 23.9 Å². The van der Waals surface area contributed by atoms with Gasteiger partial charge in [-0.25, -0.2) is 4.39 Å². The fourth-order valence-corrected chi connectivity index (χ4v) is 2.99. The molecule has 3 heteroatoms. The van der Waals surface area contributed by atoms with Crippen molar-refractivity contribution in [3.63, 3.8) is 0 Å². The summed E-state index contributed by atoms with van der Waals surface area (Å²) in [5, 5.41) is 0. The maximum Gasteiger partial charge on any atom is 0.147 e. The number of nitrogens with two attached hydrogens (primary N) is 1. The van der Waals surface area contributed by atoms with Gasteiger partial charge in [-0.15, -0.1) is 0 Å². The van der Waals surface area contributed by atoms with Gasteiger partial charge in [0.2, 0.25) is 0 Å². The molecule has 1 fully saturated rings. The van der Waals surface area contributed by atoms with Crippen LogP contribution in [-0.4, -0.2) is 11.5 Å². The van der Waals surface area contributed by atoms with Gasteiger partial charge in [-0.1, -0.05) is 18.2 Å². The van der Waals surface area contributed by atoms with Gasteiger partial charge in [0.05, 0.1) is 0 Å². The molecule has 1 heterocycles. The molecule has 0 aromatic heterocycles. The van der Waals surface area contributed by atoms with Crippen molar-refractivity contribution in [1.29, 1.82) is 0 Å². The lowest BCUT2D eigenvalue weighted by Gasteiger charge is -2.30. The Morgan fingerprint density at radius 3 is 2.79 bits per heavy atom. The Labute approximate surface area is 87.9 Å². The van der Waals surface area contributed by atoms with Crippen molar-refractivity contribution in [2.75, 3.05) is 17.2 Å². The highest BCUT2D eigenvalue weighted by Gasteiger charge is 2.35. The average molecular weight is 211 g/mol. The molecule has 0 bridgehead atoms. The zero-order chi connectivity index (χ0) is 10.0. The summed E-state index contributed by atoms with van der Waals surface area (Å²) in [4.78, 5) is 0. The third-order valence-corrected chi connectivity index (χ3v) is 3.88. The second-order valence-electron chi connectivity index (χ2n) is 3.71. The predicted molar refractivity (Wildman–Crippen MR) is 60.2 cm³/mol. The van der Waals surface area contributed by atoms with Gasteiger partial charge in [-0.3, -0.25) is 0 Å². The standard InChI is InChI=1S/C11H14FNS/c12-11(6-3-7-14-8-11)9-4-1-2-5-10(9)13/h1-2,4-5H,3,6-8,13H2. The smallest absolute Gasteiger partial charge is 0.147 e. The van der Waals surface area contributed by atoms with E-state index in [0.717, 1.165) is 12.2 Å². The first-order chi connectivity index (χ1) is 6.72. The van der Waals surface area contributed by atoms with Crippen LogP contribution in [0.3, 0.4) is 0 Å². The maximum atomic E-state index is 14.5. The summed E-state index contributed by atoms with van der Waals surface area (Å²) in [5.41, 5.74) is 5.84. The quantitative estimate of drug-likeness (QED) is 0.723. The van der Waals surface area contributed by atoms with Crippen LogP contribution in [0.15, 0.2) is 24.3 Å². The van der Waals surface area contributed by atoms with Crippen LogP contribution in [0.25, 0.3) is 0 Å². The van der Waals surface area contributed by atoms with E-state index in [9.17, 15) is 4.39 Å². The summed E-state index contributed by atoms with van der Waals surface area (Å²) in [6.45, 7) is 0. The SMILES string of the molecule is Nc1ccccc1C1(F)CCCSC1. The van der Waals surface area contributed by atoms with E-state index in [1.807, 2.05) is 12.1 Å². The molecule has 1 aliphatic heterocycles. The molecule has 0 aliphatic carbocycles. The normalized spacial score (nSPS) is 27.5. The molecular formula is C11H14FNS. The van der Waals surface area contributed by atoms with E-state index in [2.05, 4.69) is 0 Å². The summed E-state index contributed by atoms with van der Waals surface area (Å²) < 4.78 is 14.5. The Morgan fingerprint density at radius 2 is 2.14 bits per heavy atom. The number of halogens is 1. The highest BCUT2D eigenvalue weighted by atomic mass is 32.2. The summed E-state index contributed by atoms with van der Waals surface area (Å²) in [5.74, 6) is 1.61. The van der Waals surface area contributed by atoms with Gasteiger partial charge >= 0.3 is 0 Å². The zero-order valence-electron chi connectivity index (χ0n) is 8.00. The Morgan fingerprint density at radius 1 is 1.36 bits per heavy atom.